The number of rotatable bonds is 5. The standard InChI is InChI=1S/C9H7ClF3NO6S/c1-2-19-8-6(20-9(11,12)13)3-5(14(15)16)4-7(8)21(10,17)18/h3-4H,2H2,1H3. The van der Waals surface area contributed by atoms with Crippen molar-refractivity contribution in [3.05, 3.63) is 22.2 Å². The van der Waals surface area contributed by atoms with Gasteiger partial charge in [0, 0.05) is 16.7 Å². The number of halogens is 4. The number of nitrogens with zero attached hydrogens (tertiary/aromatic N) is 1. The molecule has 1 rings (SSSR count). The third-order valence-corrected chi connectivity index (χ3v) is 3.32. The first-order chi connectivity index (χ1) is 9.45. The van der Waals surface area contributed by atoms with Gasteiger partial charge in [0.15, 0.2) is 11.5 Å². The Morgan fingerprint density at radius 2 is 1.95 bits per heavy atom. The highest BCUT2D eigenvalue weighted by atomic mass is 35.7. The molecule has 0 saturated heterocycles. The highest BCUT2D eigenvalue weighted by Gasteiger charge is 2.36. The summed E-state index contributed by atoms with van der Waals surface area (Å²) in [6.07, 6.45) is -5.20. The zero-order valence-corrected chi connectivity index (χ0v) is 11.8. The van der Waals surface area contributed by atoms with Gasteiger partial charge in [0.25, 0.3) is 14.7 Å². The normalized spacial score (nSPS) is 12.0. The van der Waals surface area contributed by atoms with Crippen molar-refractivity contribution < 1.29 is 36.0 Å². The molecule has 0 aliphatic carbocycles. The van der Waals surface area contributed by atoms with Crippen LogP contribution in [0.5, 0.6) is 11.5 Å². The minimum Gasteiger partial charge on any atom is -0.489 e. The minimum absolute atomic E-state index is 0.217. The van der Waals surface area contributed by atoms with Crippen LogP contribution in [0, 0.1) is 10.1 Å². The molecule has 0 N–H and O–H groups in total. The quantitative estimate of drug-likeness (QED) is 0.461. The predicted molar refractivity (Wildman–Crippen MR) is 64.0 cm³/mol. The fourth-order valence-corrected chi connectivity index (χ4v) is 2.32. The van der Waals surface area contributed by atoms with Gasteiger partial charge in [0.1, 0.15) is 4.90 Å². The summed E-state index contributed by atoms with van der Waals surface area (Å²) in [4.78, 5) is 8.58. The van der Waals surface area contributed by atoms with Crippen LogP contribution in [-0.2, 0) is 9.05 Å². The van der Waals surface area contributed by atoms with Crippen molar-refractivity contribution in [3.63, 3.8) is 0 Å². The maximum atomic E-state index is 12.3. The zero-order valence-electron chi connectivity index (χ0n) is 10.2. The molecule has 0 aliphatic heterocycles. The lowest BCUT2D eigenvalue weighted by molar-refractivity contribution is -0.385. The van der Waals surface area contributed by atoms with Gasteiger partial charge in [-0.3, -0.25) is 10.1 Å². The van der Waals surface area contributed by atoms with Crippen LogP contribution in [0.1, 0.15) is 6.92 Å². The average Bonchev–Trinajstić information content (AvgIpc) is 2.27. The van der Waals surface area contributed by atoms with Gasteiger partial charge in [-0.1, -0.05) is 0 Å². The molecule has 0 saturated carbocycles. The number of ether oxygens (including phenoxy) is 2. The topological polar surface area (TPSA) is 95.7 Å². The van der Waals surface area contributed by atoms with E-state index in [0.29, 0.717) is 12.1 Å². The highest BCUT2D eigenvalue weighted by Crippen LogP contribution is 2.42. The van der Waals surface area contributed by atoms with E-state index in [-0.39, 0.29) is 6.61 Å². The molecule has 0 unspecified atom stereocenters. The van der Waals surface area contributed by atoms with Crippen LogP contribution in [0.25, 0.3) is 0 Å². The molecule has 118 valence electrons. The van der Waals surface area contributed by atoms with E-state index < -0.39 is 42.4 Å². The number of nitro groups is 1. The summed E-state index contributed by atoms with van der Waals surface area (Å²) in [7, 11) is 0.458. The molecule has 0 radical (unpaired) electrons. The maximum absolute atomic E-state index is 12.3. The molecule has 7 nitrogen and oxygen atoms in total. The van der Waals surface area contributed by atoms with Crippen LogP contribution in [0.15, 0.2) is 17.0 Å². The van der Waals surface area contributed by atoms with Crippen LogP contribution in [0.3, 0.4) is 0 Å². The zero-order chi connectivity index (χ0) is 16.4. The Morgan fingerprint density at radius 1 is 1.38 bits per heavy atom. The third kappa shape index (κ3) is 4.63. The Labute approximate surface area is 120 Å². The monoisotopic (exact) mass is 349 g/mol. The molecule has 0 aliphatic rings. The van der Waals surface area contributed by atoms with E-state index in [2.05, 4.69) is 4.74 Å². The minimum atomic E-state index is -5.20. The van der Waals surface area contributed by atoms with Crippen molar-refractivity contribution in [1.82, 2.24) is 0 Å². The first-order valence-electron chi connectivity index (χ1n) is 5.11. The largest absolute Gasteiger partial charge is 0.573 e. The van der Waals surface area contributed by atoms with Crippen LogP contribution < -0.4 is 9.47 Å². The molecular formula is C9H7ClF3NO6S. The molecule has 0 heterocycles. The molecule has 0 atom stereocenters. The van der Waals surface area contributed by atoms with Crippen molar-refractivity contribution in [2.45, 2.75) is 18.2 Å². The molecule has 21 heavy (non-hydrogen) atoms. The van der Waals surface area contributed by atoms with E-state index >= 15 is 0 Å². The smallest absolute Gasteiger partial charge is 0.489 e. The lowest BCUT2D eigenvalue weighted by Gasteiger charge is -2.15. The van der Waals surface area contributed by atoms with E-state index in [4.69, 9.17) is 15.4 Å². The van der Waals surface area contributed by atoms with Gasteiger partial charge in [-0.15, -0.1) is 13.2 Å². The number of non-ortho nitro benzene ring substituents is 1. The van der Waals surface area contributed by atoms with Gasteiger partial charge in [-0.05, 0) is 6.92 Å². The summed E-state index contributed by atoms with van der Waals surface area (Å²) >= 11 is 0. The third-order valence-electron chi connectivity index (χ3n) is 1.99. The lowest BCUT2D eigenvalue weighted by Crippen LogP contribution is -2.18. The SMILES string of the molecule is CCOc1c(OC(F)(F)F)cc([N+](=O)[O-])cc1S(=O)(=O)Cl. The lowest BCUT2D eigenvalue weighted by atomic mass is 10.3. The van der Waals surface area contributed by atoms with Crippen molar-refractivity contribution in [3.8, 4) is 11.5 Å². The van der Waals surface area contributed by atoms with Crippen molar-refractivity contribution in [2.75, 3.05) is 6.61 Å². The Balaban J connectivity index is 3.65. The number of nitro benzene ring substituents is 1. The van der Waals surface area contributed by atoms with Crippen molar-refractivity contribution >= 4 is 25.4 Å². The van der Waals surface area contributed by atoms with Crippen LogP contribution in [-0.4, -0.2) is 26.3 Å². The second kappa shape index (κ2) is 5.93. The molecule has 0 spiro atoms. The fourth-order valence-electron chi connectivity index (χ4n) is 1.34. The van der Waals surface area contributed by atoms with E-state index in [1.807, 2.05) is 0 Å². The van der Waals surface area contributed by atoms with Gasteiger partial charge in [0.2, 0.25) is 0 Å². The maximum Gasteiger partial charge on any atom is 0.573 e. The summed E-state index contributed by atoms with van der Waals surface area (Å²) in [6, 6.07) is 0.876. The summed E-state index contributed by atoms with van der Waals surface area (Å²) in [5, 5.41) is 10.7. The second-order valence-corrected chi connectivity index (χ2v) is 5.98. The van der Waals surface area contributed by atoms with Crippen LogP contribution in [0.2, 0.25) is 0 Å². The molecule has 0 aromatic heterocycles. The number of hydrogen-bond acceptors (Lipinski definition) is 6. The van der Waals surface area contributed by atoms with Gasteiger partial charge >= 0.3 is 6.36 Å². The molecule has 0 fully saturated rings. The Hall–Kier alpha value is -1.75. The Kier molecular flexibility index (Phi) is 4.89. The summed E-state index contributed by atoms with van der Waals surface area (Å²) in [5.41, 5.74) is -0.947. The van der Waals surface area contributed by atoms with Crippen molar-refractivity contribution in [1.29, 1.82) is 0 Å². The van der Waals surface area contributed by atoms with Gasteiger partial charge in [-0.2, -0.15) is 0 Å². The predicted octanol–water partition coefficient (Wildman–Crippen LogP) is 2.82. The number of hydrogen-bond donors (Lipinski definition) is 0. The van der Waals surface area contributed by atoms with E-state index in [9.17, 15) is 31.7 Å². The van der Waals surface area contributed by atoms with Gasteiger partial charge in [0.05, 0.1) is 17.6 Å². The van der Waals surface area contributed by atoms with Crippen LogP contribution >= 0.6 is 10.7 Å². The average molecular weight is 350 g/mol. The van der Waals surface area contributed by atoms with E-state index in [1.165, 1.54) is 6.92 Å². The first kappa shape index (κ1) is 17.3. The Bertz CT molecular complexity index is 660. The van der Waals surface area contributed by atoms with Crippen molar-refractivity contribution in [2.24, 2.45) is 0 Å². The molecule has 1 aromatic carbocycles. The van der Waals surface area contributed by atoms with E-state index in [1.54, 1.807) is 0 Å². The highest BCUT2D eigenvalue weighted by molar-refractivity contribution is 8.13. The van der Waals surface area contributed by atoms with Gasteiger partial charge < -0.3 is 9.47 Å². The van der Waals surface area contributed by atoms with Crippen LogP contribution in [0.4, 0.5) is 18.9 Å². The van der Waals surface area contributed by atoms with Gasteiger partial charge in [-0.25, -0.2) is 8.42 Å². The molecule has 1 aromatic rings. The molecular weight excluding hydrogens is 343 g/mol. The molecule has 12 heteroatoms. The summed E-state index contributed by atoms with van der Waals surface area (Å²) < 4.78 is 67.9. The first-order valence-corrected chi connectivity index (χ1v) is 7.42. The van der Waals surface area contributed by atoms with E-state index in [0.717, 1.165) is 0 Å². The molecule has 0 amide bonds. The second-order valence-electron chi connectivity index (χ2n) is 3.45. The molecule has 0 bridgehead atoms. The fraction of sp³-hybridized carbons (Fsp3) is 0.333. The summed E-state index contributed by atoms with van der Waals surface area (Å²) in [6.45, 7) is 1.15. The number of benzene rings is 1. The number of alkyl halides is 3. The summed E-state index contributed by atoms with van der Waals surface area (Å²) in [5.74, 6) is -2.02. The Morgan fingerprint density at radius 3 is 2.33 bits per heavy atom.